The fourth-order valence-corrected chi connectivity index (χ4v) is 0.965. The van der Waals surface area contributed by atoms with Crippen molar-refractivity contribution < 1.29 is 9.47 Å². The zero-order valence-corrected chi connectivity index (χ0v) is 7.29. The Morgan fingerprint density at radius 3 is 2.31 bits per heavy atom. The van der Waals surface area contributed by atoms with Crippen LogP contribution >= 0.6 is 0 Å². The number of hydrogen-bond donors (Lipinski definition) is 2. The van der Waals surface area contributed by atoms with E-state index in [1.54, 1.807) is 0 Å². The summed E-state index contributed by atoms with van der Waals surface area (Å²) in [5.74, 6) is 0. The van der Waals surface area contributed by atoms with Crippen LogP contribution in [0.2, 0.25) is 0 Å². The highest BCUT2D eigenvalue weighted by molar-refractivity contribution is 4.99. The predicted molar refractivity (Wildman–Crippen MR) is 44.4 cm³/mol. The Labute approximate surface area is 73.5 Å². The van der Waals surface area contributed by atoms with Crippen LogP contribution in [-0.2, 0) is 9.47 Å². The third-order valence-corrected chi connectivity index (χ3v) is 1.46. The summed E-state index contributed by atoms with van der Waals surface area (Å²) < 4.78 is 9.70. The lowest BCUT2D eigenvalue weighted by molar-refractivity contribution is -0.108. The Morgan fingerprint density at radius 1 is 1.23 bits per heavy atom. The van der Waals surface area contributed by atoms with Crippen LogP contribution < -0.4 is 11.2 Å². The van der Waals surface area contributed by atoms with E-state index in [2.05, 4.69) is 4.98 Å². The molecule has 0 saturated carbocycles. The first kappa shape index (κ1) is 9.69. The number of ether oxygens (including phenoxy) is 2. The van der Waals surface area contributed by atoms with E-state index in [1.165, 1.54) is 20.3 Å². The van der Waals surface area contributed by atoms with Crippen molar-refractivity contribution in [3.8, 4) is 0 Å². The van der Waals surface area contributed by atoms with Crippen molar-refractivity contribution in [3.05, 3.63) is 32.6 Å². The van der Waals surface area contributed by atoms with Gasteiger partial charge in [0.1, 0.15) is 0 Å². The van der Waals surface area contributed by atoms with E-state index in [0.717, 1.165) is 0 Å². The molecule has 0 aliphatic rings. The summed E-state index contributed by atoms with van der Waals surface area (Å²) in [6.45, 7) is 0. The van der Waals surface area contributed by atoms with Crippen LogP contribution in [0.25, 0.3) is 0 Å². The molecule has 0 amide bonds. The monoisotopic (exact) mass is 186 g/mol. The minimum absolute atomic E-state index is 0.291. The van der Waals surface area contributed by atoms with Gasteiger partial charge in [-0.3, -0.25) is 9.78 Å². The second-order valence-electron chi connectivity index (χ2n) is 2.35. The Balaban J connectivity index is 3.13. The van der Waals surface area contributed by atoms with Crippen molar-refractivity contribution in [1.82, 2.24) is 9.97 Å². The molecule has 2 N–H and O–H groups in total. The van der Waals surface area contributed by atoms with Crippen LogP contribution in [0, 0.1) is 0 Å². The van der Waals surface area contributed by atoms with Crippen LogP contribution in [0.15, 0.2) is 15.7 Å². The van der Waals surface area contributed by atoms with Gasteiger partial charge in [0.15, 0.2) is 6.29 Å². The van der Waals surface area contributed by atoms with Crippen molar-refractivity contribution in [2.45, 2.75) is 6.29 Å². The fraction of sp³-hybridized carbons (Fsp3) is 0.429. The molecule has 1 heterocycles. The predicted octanol–water partition coefficient (Wildman–Crippen LogP) is -0.645. The first-order valence-electron chi connectivity index (χ1n) is 3.56. The summed E-state index contributed by atoms with van der Waals surface area (Å²) in [6, 6.07) is 1.21. The normalized spacial score (nSPS) is 10.7. The molecular weight excluding hydrogens is 176 g/mol. The van der Waals surface area contributed by atoms with Gasteiger partial charge in [-0.15, -0.1) is 0 Å². The number of aromatic amines is 2. The second kappa shape index (κ2) is 4.01. The molecule has 0 atom stereocenters. The molecule has 0 aliphatic carbocycles. The van der Waals surface area contributed by atoms with E-state index >= 15 is 0 Å². The van der Waals surface area contributed by atoms with Crippen LogP contribution in [0.4, 0.5) is 0 Å². The molecular formula is C7H10N2O4. The largest absolute Gasteiger partial charge is 0.350 e. The quantitative estimate of drug-likeness (QED) is 0.614. The van der Waals surface area contributed by atoms with Gasteiger partial charge < -0.3 is 14.5 Å². The minimum Gasteiger partial charge on any atom is -0.350 e. The molecule has 0 fully saturated rings. The van der Waals surface area contributed by atoms with Gasteiger partial charge in [-0.2, -0.15) is 0 Å². The van der Waals surface area contributed by atoms with Crippen molar-refractivity contribution in [2.75, 3.05) is 14.2 Å². The molecule has 13 heavy (non-hydrogen) atoms. The van der Waals surface area contributed by atoms with Gasteiger partial charge in [-0.05, 0) is 0 Å². The van der Waals surface area contributed by atoms with Gasteiger partial charge in [0, 0.05) is 20.3 Å². The third-order valence-electron chi connectivity index (χ3n) is 1.46. The minimum atomic E-state index is -0.727. The summed E-state index contributed by atoms with van der Waals surface area (Å²) >= 11 is 0. The molecule has 1 aromatic heterocycles. The van der Waals surface area contributed by atoms with Crippen molar-refractivity contribution in [2.24, 2.45) is 0 Å². The number of hydrogen-bond acceptors (Lipinski definition) is 4. The molecule has 1 aromatic rings. The lowest BCUT2D eigenvalue weighted by atomic mass is 10.4. The molecule has 0 radical (unpaired) electrons. The van der Waals surface area contributed by atoms with E-state index in [9.17, 15) is 9.59 Å². The Morgan fingerprint density at radius 2 is 1.85 bits per heavy atom. The fourth-order valence-electron chi connectivity index (χ4n) is 0.965. The van der Waals surface area contributed by atoms with E-state index < -0.39 is 17.5 Å². The first-order valence-corrected chi connectivity index (χ1v) is 3.56. The van der Waals surface area contributed by atoms with Crippen LogP contribution in [0.1, 0.15) is 12.0 Å². The average molecular weight is 186 g/mol. The molecule has 0 aliphatic heterocycles. The van der Waals surface area contributed by atoms with E-state index in [4.69, 9.17) is 9.47 Å². The van der Waals surface area contributed by atoms with Crippen LogP contribution in [-0.4, -0.2) is 24.2 Å². The van der Waals surface area contributed by atoms with E-state index in [-0.39, 0.29) is 0 Å². The van der Waals surface area contributed by atoms with Gasteiger partial charge >= 0.3 is 5.69 Å². The van der Waals surface area contributed by atoms with Gasteiger partial charge in [0.25, 0.3) is 5.56 Å². The average Bonchev–Trinajstić information content (AvgIpc) is 2.04. The SMILES string of the molecule is COC(OC)c1cc(=O)[nH]c(=O)[nH]1. The number of nitrogens with one attached hydrogen (secondary N) is 2. The Bertz CT molecular complexity index is 348. The van der Waals surface area contributed by atoms with Crippen molar-refractivity contribution in [1.29, 1.82) is 0 Å². The lowest BCUT2D eigenvalue weighted by Crippen LogP contribution is -2.25. The summed E-state index contributed by atoms with van der Waals surface area (Å²) in [5, 5.41) is 0. The maximum atomic E-state index is 10.9. The van der Waals surface area contributed by atoms with E-state index in [0.29, 0.717) is 5.69 Å². The molecule has 0 aromatic carbocycles. The summed E-state index contributed by atoms with van der Waals surface area (Å²) in [6.07, 6.45) is -0.727. The van der Waals surface area contributed by atoms with Crippen molar-refractivity contribution in [3.63, 3.8) is 0 Å². The number of H-pyrrole nitrogens is 2. The molecule has 1 rings (SSSR count). The van der Waals surface area contributed by atoms with Crippen molar-refractivity contribution >= 4 is 0 Å². The zero-order valence-electron chi connectivity index (χ0n) is 7.29. The number of methoxy groups -OCH3 is 2. The Hall–Kier alpha value is -1.40. The molecule has 6 heteroatoms. The molecule has 0 saturated heterocycles. The lowest BCUT2D eigenvalue weighted by Gasteiger charge is -2.11. The van der Waals surface area contributed by atoms with Gasteiger partial charge in [-0.25, -0.2) is 4.79 Å². The van der Waals surface area contributed by atoms with Gasteiger partial charge in [-0.1, -0.05) is 0 Å². The highest BCUT2D eigenvalue weighted by Gasteiger charge is 2.10. The van der Waals surface area contributed by atoms with Gasteiger partial charge in [0.05, 0.1) is 5.69 Å². The highest BCUT2D eigenvalue weighted by Crippen LogP contribution is 2.10. The standard InChI is InChI=1S/C7H10N2O4/c1-12-6(13-2)4-3-5(10)9-7(11)8-4/h3,6H,1-2H3,(H2,8,9,10,11). The maximum Gasteiger partial charge on any atom is 0.326 e. The van der Waals surface area contributed by atoms with Crippen LogP contribution in [0.5, 0.6) is 0 Å². The summed E-state index contributed by atoms with van der Waals surface area (Å²) in [5.41, 5.74) is -0.779. The smallest absolute Gasteiger partial charge is 0.326 e. The molecule has 0 bridgehead atoms. The molecule has 0 spiro atoms. The first-order chi connectivity index (χ1) is 6.17. The molecule has 0 unspecified atom stereocenters. The Kier molecular flexibility index (Phi) is 2.99. The summed E-state index contributed by atoms with van der Waals surface area (Å²) in [7, 11) is 2.82. The summed E-state index contributed by atoms with van der Waals surface area (Å²) in [4.78, 5) is 26.1. The topological polar surface area (TPSA) is 84.2 Å². The number of rotatable bonds is 3. The van der Waals surface area contributed by atoms with E-state index in [1.807, 2.05) is 4.98 Å². The third kappa shape index (κ3) is 2.27. The van der Waals surface area contributed by atoms with Gasteiger partial charge in [0.2, 0.25) is 0 Å². The second-order valence-corrected chi connectivity index (χ2v) is 2.35. The number of aromatic nitrogens is 2. The zero-order chi connectivity index (χ0) is 9.84. The van der Waals surface area contributed by atoms with Crippen LogP contribution in [0.3, 0.4) is 0 Å². The maximum absolute atomic E-state index is 10.9. The highest BCUT2D eigenvalue weighted by atomic mass is 16.7. The molecule has 72 valence electrons. The molecule has 6 nitrogen and oxygen atoms in total.